The molecule has 0 spiro atoms. The second-order valence-corrected chi connectivity index (χ2v) is 12.0. The lowest BCUT2D eigenvalue weighted by Crippen LogP contribution is -2.56. The molecule has 5 atom stereocenters. The topological polar surface area (TPSA) is 29.5 Å². The van der Waals surface area contributed by atoms with Crippen LogP contribution in [0.1, 0.15) is 66.8 Å². The smallest absolute Gasteiger partial charge is 0.415 e. The summed E-state index contributed by atoms with van der Waals surface area (Å²) < 4.78 is 20.2. The van der Waals surface area contributed by atoms with Crippen molar-refractivity contribution in [2.75, 3.05) is 26.2 Å². The van der Waals surface area contributed by atoms with Gasteiger partial charge in [-0.05, 0) is 104 Å². The minimum absolute atomic E-state index is 0.0207. The van der Waals surface area contributed by atoms with Crippen molar-refractivity contribution < 1.29 is 18.4 Å². The van der Waals surface area contributed by atoms with Crippen molar-refractivity contribution >= 4 is 6.09 Å². The van der Waals surface area contributed by atoms with E-state index in [1.807, 2.05) is 12.1 Å². The van der Waals surface area contributed by atoms with Crippen LogP contribution < -0.4 is 0 Å². The molecular weight excluding hydrogens is 451 g/mol. The Hall–Kier alpha value is -2.50. The van der Waals surface area contributed by atoms with E-state index >= 15 is 0 Å². The molecular formula is C31H36FN2O2+. The van der Waals surface area contributed by atoms with Gasteiger partial charge in [-0.1, -0.05) is 18.2 Å². The molecule has 4 fully saturated rings. The minimum Gasteiger partial charge on any atom is -0.415 e. The normalized spacial score (nSPS) is 38.2. The van der Waals surface area contributed by atoms with Crippen LogP contribution in [0.15, 0.2) is 55.2 Å². The Morgan fingerprint density at radius 2 is 1.92 bits per heavy atom. The molecule has 3 heterocycles. The Balaban J connectivity index is 1.26. The van der Waals surface area contributed by atoms with Gasteiger partial charge in [-0.2, -0.15) is 9.28 Å². The van der Waals surface area contributed by atoms with Gasteiger partial charge in [-0.25, -0.2) is 4.39 Å². The molecule has 4 unspecified atom stereocenters. The first-order valence-corrected chi connectivity index (χ1v) is 13.8. The summed E-state index contributed by atoms with van der Waals surface area (Å²) in [7, 11) is 0. The van der Waals surface area contributed by atoms with E-state index in [0.717, 1.165) is 49.5 Å². The van der Waals surface area contributed by atoms with E-state index in [1.54, 1.807) is 6.20 Å². The fourth-order valence-electron chi connectivity index (χ4n) is 8.16. The summed E-state index contributed by atoms with van der Waals surface area (Å²) in [6.45, 7) is 7.83. The molecule has 2 aromatic rings. The maximum atomic E-state index is 14.0. The fraction of sp³-hybridized carbons (Fsp3) is 0.516. The number of quaternary nitrogens is 1. The Kier molecular flexibility index (Phi) is 5.20. The number of carbonyl (C=O) groups is 1. The molecule has 1 amide bonds. The van der Waals surface area contributed by atoms with Gasteiger partial charge in [0.2, 0.25) is 0 Å². The number of benzene rings is 2. The van der Waals surface area contributed by atoms with Crippen LogP contribution in [-0.2, 0) is 16.6 Å². The Bertz CT molecular complexity index is 1190. The van der Waals surface area contributed by atoms with E-state index in [-0.39, 0.29) is 28.5 Å². The second-order valence-electron chi connectivity index (χ2n) is 12.0. The number of amides is 1. The molecule has 188 valence electrons. The number of fused-ring (bicyclic) bond motifs is 4. The molecule has 3 aliphatic heterocycles. The first kappa shape index (κ1) is 22.7. The first-order valence-electron chi connectivity index (χ1n) is 13.8. The number of hydrogen-bond acceptors (Lipinski definition) is 3. The van der Waals surface area contributed by atoms with Crippen LogP contribution in [0.5, 0.6) is 0 Å². The number of nitrogens with zero attached hydrogens (tertiary/aromatic N) is 2. The van der Waals surface area contributed by atoms with Gasteiger partial charge < -0.3 is 4.74 Å². The van der Waals surface area contributed by atoms with Crippen LogP contribution in [0.25, 0.3) is 0 Å². The van der Waals surface area contributed by atoms with E-state index in [0.29, 0.717) is 17.9 Å². The Morgan fingerprint density at radius 3 is 2.58 bits per heavy atom. The molecule has 2 saturated carbocycles. The van der Waals surface area contributed by atoms with Crippen molar-refractivity contribution in [3.05, 3.63) is 83.3 Å². The van der Waals surface area contributed by atoms with Gasteiger partial charge in [-0.3, -0.25) is 4.90 Å². The van der Waals surface area contributed by atoms with Crippen molar-refractivity contribution in [1.29, 1.82) is 0 Å². The first-order chi connectivity index (χ1) is 17.5. The monoisotopic (exact) mass is 487 g/mol. The van der Waals surface area contributed by atoms with Crippen molar-refractivity contribution in [2.24, 2.45) is 11.8 Å². The maximum Gasteiger partial charge on any atom is 0.521 e. The molecule has 5 aliphatic rings. The van der Waals surface area contributed by atoms with E-state index in [9.17, 15) is 9.18 Å². The molecule has 7 rings (SSSR count). The van der Waals surface area contributed by atoms with Crippen molar-refractivity contribution in [3.8, 4) is 0 Å². The van der Waals surface area contributed by atoms with Crippen molar-refractivity contribution in [3.63, 3.8) is 0 Å². The standard InChI is InChI=1S/C31H36FN2O2/c1-2-34(30(35)36-27-17-21-11-15-33(19-21)20-27)16-12-23-18-25(31-13-9-24(31)10-14-31)5-8-28(23)29(34)22-3-6-26(32)7-4-22/h2-8,18,21,24,27,29H,1,9-17,19-20H2/q+1/t21?,24?,27?,29-,31?,34?/m0/s1. The van der Waals surface area contributed by atoms with E-state index in [1.165, 1.54) is 55.4 Å². The lowest BCUT2D eigenvalue weighted by Gasteiger charge is -2.59. The highest BCUT2D eigenvalue weighted by molar-refractivity contribution is 5.63. The van der Waals surface area contributed by atoms with Crippen LogP contribution in [-0.4, -0.2) is 47.8 Å². The number of piperidine rings is 1. The van der Waals surface area contributed by atoms with Gasteiger partial charge in [-0.15, -0.1) is 0 Å². The maximum absolute atomic E-state index is 14.0. The summed E-state index contributed by atoms with van der Waals surface area (Å²) >= 11 is 0. The van der Waals surface area contributed by atoms with Crippen LogP contribution in [0.3, 0.4) is 0 Å². The largest absolute Gasteiger partial charge is 0.521 e. The molecule has 0 aromatic heterocycles. The quantitative estimate of drug-likeness (QED) is 0.488. The lowest BCUT2D eigenvalue weighted by molar-refractivity contribution is -0.835. The van der Waals surface area contributed by atoms with E-state index in [2.05, 4.69) is 29.7 Å². The molecule has 2 bridgehead atoms. The van der Waals surface area contributed by atoms with Gasteiger partial charge >= 0.3 is 6.09 Å². The number of halogens is 1. The van der Waals surface area contributed by atoms with Crippen LogP contribution >= 0.6 is 0 Å². The number of carbonyl (C=O) groups excluding carboxylic acids is 1. The number of ether oxygens (including phenoxy) is 1. The molecule has 2 saturated heterocycles. The highest BCUT2D eigenvalue weighted by Gasteiger charge is 2.55. The summed E-state index contributed by atoms with van der Waals surface area (Å²) in [6.07, 6.45) is 9.76. The zero-order valence-electron chi connectivity index (χ0n) is 21.0. The van der Waals surface area contributed by atoms with Crippen LogP contribution in [0, 0.1) is 17.7 Å². The lowest BCUT2D eigenvalue weighted by atomic mass is 9.45. The average Bonchev–Trinajstić information content (AvgIpc) is 3.23. The molecule has 0 radical (unpaired) electrons. The number of rotatable bonds is 4. The Labute approximate surface area is 213 Å². The third-order valence-corrected chi connectivity index (χ3v) is 10.4. The summed E-state index contributed by atoms with van der Waals surface area (Å²) in [6, 6.07) is 13.3. The highest BCUT2D eigenvalue weighted by atomic mass is 19.1. The van der Waals surface area contributed by atoms with Gasteiger partial charge in [0.05, 0.1) is 12.7 Å². The molecule has 5 heteroatoms. The third kappa shape index (κ3) is 3.28. The van der Waals surface area contributed by atoms with Crippen molar-refractivity contribution in [1.82, 2.24) is 4.90 Å². The average molecular weight is 488 g/mol. The molecule has 36 heavy (non-hydrogen) atoms. The summed E-state index contributed by atoms with van der Waals surface area (Å²) in [5.41, 5.74) is 5.27. The highest BCUT2D eigenvalue weighted by Crippen LogP contribution is 2.62. The predicted octanol–water partition coefficient (Wildman–Crippen LogP) is 6.10. The molecule has 4 nitrogen and oxygen atoms in total. The van der Waals surface area contributed by atoms with Crippen LogP contribution in [0.4, 0.5) is 9.18 Å². The molecule has 2 aromatic carbocycles. The SMILES string of the molecule is C=C[N+]1(C(=O)OC2CC3CCN(C3)C2)CCc2cc(C34CCC3CC4)ccc2[C@@H]1c1ccc(F)cc1. The Morgan fingerprint density at radius 1 is 1.11 bits per heavy atom. The molecule has 0 N–H and O–H groups in total. The van der Waals surface area contributed by atoms with E-state index < -0.39 is 0 Å². The van der Waals surface area contributed by atoms with Gasteiger partial charge in [0.15, 0.2) is 6.04 Å². The minimum atomic E-state index is -0.287. The van der Waals surface area contributed by atoms with Gasteiger partial charge in [0.1, 0.15) is 11.9 Å². The summed E-state index contributed by atoms with van der Waals surface area (Å²) in [5, 5.41) is 0. The second kappa shape index (κ2) is 8.26. The zero-order valence-corrected chi connectivity index (χ0v) is 21.0. The fourth-order valence-corrected chi connectivity index (χ4v) is 8.16. The van der Waals surface area contributed by atoms with Crippen molar-refractivity contribution in [2.45, 2.75) is 62.5 Å². The summed E-state index contributed by atoms with van der Waals surface area (Å²) in [4.78, 5) is 16.5. The van der Waals surface area contributed by atoms with E-state index in [4.69, 9.17) is 4.74 Å². The summed E-state index contributed by atoms with van der Waals surface area (Å²) in [5.74, 6) is 1.21. The predicted molar refractivity (Wildman–Crippen MR) is 137 cm³/mol. The third-order valence-electron chi connectivity index (χ3n) is 10.4. The van der Waals surface area contributed by atoms with Gasteiger partial charge in [0, 0.05) is 30.6 Å². The molecule has 2 aliphatic carbocycles. The number of hydrogen-bond donors (Lipinski definition) is 0. The zero-order chi connectivity index (χ0) is 24.5. The van der Waals surface area contributed by atoms with Crippen LogP contribution in [0.2, 0.25) is 0 Å². The van der Waals surface area contributed by atoms with Gasteiger partial charge in [0.25, 0.3) is 0 Å².